The number of rotatable bonds is 7. The van der Waals surface area contributed by atoms with Gasteiger partial charge in [0.05, 0.1) is 0 Å². The number of ether oxygens (including phenoxy) is 2. The summed E-state index contributed by atoms with van der Waals surface area (Å²) < 4.78 is 11.2. The van der Waals surface area contributed by atoms with Crippen LogP contribution in [0.15, 0.2) is 72.9 Å². The molecule has 1 radical (unpaired) electrons. The first-order valence-corrected chi connectivity index (χ1v) is 8.36. The van der Waals surface area contributed by atoms with Crippen molar-refractivity contribution < 1.29 is 34.4 Å². The van der Waals surface area contributed by atoms with Gasteiger partial charge >= 0.3 is 0 Å². The number of carbonyl (C=O) groups excluding carboxylic acids is 1. The number of para-hydroxylation sites is 1. The van der Waals surface area contributed by atoms with E-state index < -0.39 is 0 Å². The summed E-state index contributed by atoms with van der Waals surface area (Å²) in [5.74, 6) is 1.43. The molecule has 0 N–H and O–H groups in total. The molecule has 0 atom stereocenters. The van der Waals surface area contributed by atoms with E-state index in [1.54, 1.807) is 42.6 Å². The van der Waals surface area contributed by atoms with Gasteiger partial charge in [0.25, 0.3) is 0 Å². The molecule has 0 saturated heterocycles. The van der Waals surface area contributed by atoms with Gasteiger partial charge in [0.2, 0.25) is 0 Å². The molecule has 27 heavy (non-hydrogen) atoms. The fourth-order valence-electron chi connectivity index (χ4n) is 2.12. The van der Waals surface area contributed by atoms with Gasteiger partial charge < -0.3 is 21.9 Å². The molecule has 0 amide bonds. The number of nitrogens with zero attached hydrogens (tertiary/aromatic N) is 1. The number of benzene rings is 2. The van der Waals surface area contributed by atoms with E-state index in [1.807, 2.05) is 44.2 Å². The first kappa shape index (κ1) is 24.6. The van der Waals surface area contributed by atoms with Crippen LogP contribution in [-0.2, 0) is 20.1 Å². The molecule has 4 nitrogen and oxygen atoms in total. The SMILES string of the molecule is CC.O=C(c1ccc(OCCOc2ccccc2)cc1)c1ccc[n-]1.[CH3-].[Ir]. The van der Waals surface area contributed by atoms with E-state index in [2.05, 4.69) is 4.98 Å². The molecule has 147 valence electrons. The zero-order chi connectivity index (χ0) is 17.9. The van der Waals surface area contributed by atoms with E-state index in [0.717, 1.165) is 5.75 Å². The number of aromatic nitrogens is 1. The van der Waals surface area contributed by atoms with Gasteiger partial charge in [-0.15, -0.1) is 0 Å². The van der Waals surface area contributed by atoms with Crippen molar-refractivity contribution in [1.29, 1.82) is 0 Å². The number of ketones is 1. The molecule has 0 spiro atoms. The molecular weight excluding hydrogens is 518 g/mol. The normalized spacial score (nSPS) is 8.96. The third-order valence-corrected chi connectivity index (χ3v) is 3.27. The van der Waals surface area contributed by atoms with Crippen LogP contribution in [0.2, 0.25) is 0 Å². The van der Waals surface area contributed by atoms with Crippen LogP contribution in [0.3, 0.4) is 0 Å². The van der Waals surface area contributed by atoms with Crippen LogP contribution >= 0.6 is 0 Å². The molecule has 1 heterocycles. The Morgan fingerprint density at radius 1 is 0.815 bits per heavy atom. The zero-order valence-electron chi connectivity index (χ0n) is 15.8. The van der Waals surface area contributed by atoms with Gasteiger partial charge in [-0.1, -0.05) is 49.9 Å². The Bertz CT molecular complexity index is 741. The maximum absolute atomic E-state index is 12.1. The van der Waals surface area contributed by atoms with Crippen molar-refractivity contribution in [1.82, 2.24) is 4.98 Å². The number of hydrogen-bond acceptors (Lipinski definition) is 3. The molecular formula is C22H25IrNO3-2. The van der Waals surface area contributed by atoms with Crippen molar-refractivity contribution in [3.8, 4) is 11.5 Å². The average Bonchev–Trinajstić information content (AvgIpc) is 3.22. The van der Waals surface area contributed by atoms with E-state index in [4.69, 9.17) is 9.47 Å². The second-order valence-corrected chi connectivity index (χ2v) is 4.89. The molecule has 0 aliphatic rings. The predicted octanol–water partition coefficient (Wildman–Crippen LogP) is 4.81. The van der Waals surface area contributed by atoms with Crippen LogP contribution in [0.4, 0.5) is 0 Å². The third-order valence-electron chi connectivity index (χ3n) is 3.27. The van der Waals surface area contributed by atoms with Crippen molar-refractivity contribution >= 4 is 5.78 Å². The quantitative estimate of drug-likeness (QED) is 0.244. The Morgan fingerprint density at radius 3 is 1.89 bits per heavy atom. The molecule has 0 saturated carbocycles. The summed E-state index contributed by atoms with van der Waals surface area (Å²) in [4.78, 5) is 16.1. The van der Waals surface area contributed by atoms with Crippen LogP contribution < -0.4 is 14.5 Å². The molecule has 1 aromatic heterocycles. The van der Waals surface area contributed by atoms with Gasteiger partial charge in [-0.05, 0) is 36.4 Å². The van der Waals surface area contributed by atoms with Gasteiger partial charge in [0.1, 0.15) is 24.7 Å². The van der Waals surface area contributed by atoms with Crippen LogP contribution in [0.1, 0.15) is 29.9 Å². The van der Waals surface area contributed by atoms with Crippen LogP contribution in [0.5, 0.6) is 11.5 Å². The monoisotopic (exact) mass is 544 g/mol. The molecule has 0 aliphatic heterocycles. The van der Waals surface area contributed by atoms with Gasteiger partial charge in [0, 0.05) is 25.7 Å². The summed E-state index contributed by atoms with van der Waals surface area (Å²) >= 11 is 0. The fraction of sp³-hybridized carbons (Fsp3) is 0.182. The Kier molecular flexibility index (Phi) is 12.6. The summed E-state index contributed by atoms with van der Waals surface area (Å²) in [5.41, 5.74) is 1.05. The summed E-state index contributed by atoms with van der Waals surface area (Å²) in [5, 5.41) is 0. The molecule has 0 unspecified atom stereocenters. The van der Waals surface area contributed by atoms with Crippen molar-refractivity contribution in [2.45, 2.75) is 13.8 Å². The largest absolute Gasteiger partial charge is 0.661 e. The second-order valence-electron chi connectivity index (χ2n) is 4.89. The molecule has 3 rings (SSSR count). The minimum atomic E-state index is -0.0889. The van der Waals surface area contributed by atoms with Gasteiger partial charge in [-0.3, -0.25) is 4.79 Å². The summed E-state index contributed by atoms with van der Waals surface area (Å²) in [6.07, 6.45) is 1.61. The van der Waals surface area contributed by atoms with E-state index in [9.17, 15) is 4.79 Å². The Hall–Kier alpha value is -2.36. The Balaban J connectivity index is 0.00000164. The molecule has 0 bridgehead atoms. The van der Waals surface area contributed by atoms with E-state index in [-0.39, 0.29) is 33.3 Å². The van der Waals surface area contributed by atoms with Crippen LogP contribution in [0.25, 0.3) is 0 Å². The van der Waals surface area contributed by atoms with Crippen molar-refractivity contribution in [3.05, 3.63) is 91.6 Å². The van der Waals surface area contributed by atoms with E-state index in [0.29, 0.717) is 30.2 Å². The topological polar surface area (TPSA) is 49.6 Å². The Labute approximate surface area is 175 Å². The molecule has 0 fully saturated rings. The first-order chi connectivity index (χ1) is 12.3. The predicted molar refractivity (Wildman–Crippen MR) is 105 cm³/mol. The maximum atomic E-state index is 12.1. The van der Waals surface area contributed by atoms with E-state index in [1.165, 1.54) is 0 Å². The van der Waals surface area contributed by atoms with Crippen molar-refractivity contribution in [3.63, 3.8) is 0 Å². The van der Waals surface area contributed by atoms with Gasteiger partial charge in [0.15, 0.2) is 5.78 Å². The first-order valence-electron chi connectivity index (χ1n) is 8.36. The fourth-order valence-corrected chi connectivity index (χ4v) is 2.12. The maximum Gasteiger partial charge on any atom is 0.171 e. The van der Waals surface area contributed by atoms with Crippen LogP contribution in [-0.4, -0.2) is 19.0 Å². The summed E-state index contributed by atoms with van der Waals surface area (Å²) in [7, 11) is 0. The minimum Gasteiger partial charge on any atom is -0.661 e. The smallest absolute Gasteiger partial charge is 0.171 e. The average molecular weight is 544 g/mol. The van der Waals surface area contributed by atoms with Crippen molar-refractivity contribution in [2.75, 3.05) is 13.2 Å². The Morgan fingerprint density at radius 2 is 1.37 bits per heavy atom. The van der Waals surface area contributed by atoms with Crippen LogP contribution in [0, 0.1) is 7.43 Å². The van der Waals surface area contributed by atoms with E-state index >= 15 is 0 Å². The molecule has 5 heteroatoms. The molecule has 2 aromatic carbocycles. The molecule has 0 aliphatic carbocycles. The van der Waals surface area contributed by atoms with Crippen molar-refractivity contribution in [2.24, 2.45) is 0 Å². The zero-order valence-corrected chi connectivity index (χ0v) is 18.2. The van der Waals surface area contributed by atoms with Gasteiger partial charge in [-0.25, -0.2) is 0 Å². The number of carbonyl (C=O) groups is 1. The summed E-state index contributed by atoms with van der Waals surface area (Å²) in [6.45, 7) is 4.90. The molecule has 3 aromatic rings. The standard InChI is InChI=1S/C19H17NO3.C2H6.CH3.Ir/c21-19(18-7-4-12-20-18)15-8-10-17(11-9-15)23-14-13-22-16-5-2-1-3-6-16;1-2;;/h1-12H,13-14H2,(H,20,21);1-2H3;1H3;/q;;-1;/p-1. The number of hydrogen-bond donors (Lipinski definition) is 0. The minimum absolute atomic E-state index is 0. The second kappa shape index (κ2) is 13.8. The van der Waals surface area contributed by atoms with Gasteiger partial charge in [-0.2, -0.15) is 6.20 Å². The third kappa shape index (κ3) is 7.81. The summed E-state index contributed by atoms with van der Waals surface area (Å²) in [6, 6.07) is 20.1.